The molecule has 24 heavy (non-hydrogen) atoms. The molecule has 0 saturated carbocycles. The zero-order chi connectivity index (χ0) is 17.4. The average Bonchev–Trinajstić information content (AvgIpc) is 2.60. The maximum Gasteiger partial charge on any atom is 0.311 e. The molecule has 1 aromatic heterocycles. The lowest BCUT2D eigenvalue weighted by Gasteiger charge is -2.02. The number of hydrogen-bond donors (Lipinski definition) is 1. The van der Waals surface area contributed by atoms with Crippen LogP contribution in [0.3, 0.4) is 0 Å². The highest BCUT2D eigenvalue weighted by Crippen LogP contribution is 2.26. The van der Waals surface area contributed by atoms with Crippen LogP contribution >= 0.6 is 11.8 Å². The fourth-order valence-corrected chi connectivity index (χ4v) is 2.23. The minimum absolute atomic E-state index is 0.101. The van der Waals surface area contributed by atoms with E-state index in [1.54, 1.807) is 24.5 Å². The van der Waals surface area contributed by atoms with Crippen molar-refractivity contribution in [2.24, 2.45) is 5.10 Å². The highest BCUT2D eigenvalue weighted by Gasteiger charge is 2.14. The molecule has 10 heteroatoms. The number of carbonyl (C=O) groups is 1. The van der Waals surface area contributed by atoms with Crippen LogP contribution in [0.4, 0.5) is 5.69 Å². The standard InChI is InChI=1S/C14H13N5O4S/c1-23-12-4-3-10(7-11(12)19(21)22)8-17-18-13(20)9-24-14-15-5-2-6-16-14/h2-8H,9H2,1H3,(H,18,20)/b17-8-. The third-order valence-electron chi connectivity index (χ3n) is 2.68. The molecule has 0 aliphatic heterocycles. The molecule has 0 saturated heterocycles. The van der Waals surface area contributed by atoms with E-state index in [9.17, 15) is 14.9 Å². The van der Waals surface area contributed by atoms with Gasteiger partial charge >= 0.3 is 5.69 Å². The van der Waals surface area contributed by atoms with Crippen LogP contribution in [-0.2, 0) is 4.79 Å². The van der Waals surface area contributed by atoms with Gasteiger partial charge in [-0.15, -0.1) is 0 Å². The van der Waals surface area contributed by atoms with Crippen molar-refractivity contribution in [1.29, 1.82) is 0 Å². The van der Waals surface area contributed by atoms with E-state index in [0.29, 0.717) is 10.7 Å². The topological polar surface area (TPSA) is 120 Å². The minimum atomic E-state index is -0.550. The summed E-state index contributed by atoms with van der Waals surface area (Å²) < 4.78 is 4.91. The first-order valence-corrected chi connectivity index (χ1v) is 7.63. The molecule has 1 aromatic carbocycles. The molecule has 124 valence electrons. The van der Waals surface area contributed by atoms with Gasteiger partial charge in [0.1, 0.15) is 0 Å². The van der Waals surface area contributed by atoms with Crippen LogP contribution in [0.25, 0.3) is 0 Å². The molecule has 0 radical (unpaired) electrons. The maximum absolute atomic E-state index is 11.7. The first-order valence-electron chi connectivity index (χ1n) is 6.64. The van der Waals surface area contributed by atoms with E-state index in [-0.39, 0.29) is 23.1 Å². The van der Waals surface area contributed by atoms with Crippen molar-refractivity contribution in [2.75, 3.05) is 12.9 Å². The highest BCUT2D eigenvalue weighted by molar-refractivity contribution is 7.99. The molecule has 0 aliphatic carbocycles. The number of nitro benzene ring substituents is 1. The second kappa shape index (κ2) is 8.58. The summed E-state index contributed by atoms with van der Waals surface area (Å²) in [6, 6.07) is 6.04. The van der Waals surface area contributed by atoms with Crippen molar-refractivity contribution >= 4 is 29.6 Å². The Bertz CT molecular complexity index is 754. The van der Waals surface area contributed by atoms with Crippen molar-refractivity contribution in [1.82, 2.24) is 15.4 Å². The van der Waals surface area contributed by atoms with E-state index in [4.69, 9.17) is 4.74 Å². The molecule has 1 amide bonds. The van der Waals surface area contributed by atoms with Gasteiger partial charge in [0.2, 0.25) is 0 Å². The number of nitrogens with zero attached hydrogens (tertiary/aromatic N) is 4. The largest absolute Gasteiger partial charge is 0.490 e. The number of nitro groups is 1. The van der Waals surface area contributed by atoms with Crippen molar-refractivity contribution in [2.45, 2.75) is 5.16 Å². The number of aromatic nitrogens is 2. The number of rotatable bonds is 7. The fourth-order valence-electron chi connectivity index (χ4n) is 1.63. The second-order valence-corrected chi connectivity index (χ2v) is 5.24. The number of nitrogens with one attached hydrogen (secondary N) is 1. The van der Waals surface area contributed by atoms with Gasteiger partial charge in [-0.1, -0.05) is 11.8 Å². The van der Waals surface area contributed by atoms with Crippen LogP contribution in [0, 0.1) is 10.1 Å². The quantitative estimate of drug-likeness (QED) is 0.266. The lowest BCUT2D eigenvalue weighted by Crippen LogP contribution is -2.19. The summed E-state index contributed by atoms with van der Waals surface area (Å²) in [6.45, 7) is 0. The molecule has 1 heterocycles. The van der Waals surface area contributed by atoms with E-state index in [1.165, 1.54) is 37.2 Å². The number of ether oxygens (including phenoxy) is 1. The number of benzene rings is 1. The van der Waals surface area contributed by atoms with E-state index in [0.717, 1.165) is 0 Å². The van der Waals surface area contributed by atoms with Crippen LogP contribution in [0.5, 0.6) is 5.75 Å². The molecule has 2 rings (SSSR count). The smallest absolute Gasteiger partial charge is 0.311 e. The Kier molecular flexibility index (Phi) is 6.20. The van der Waals surface area contributed by atoms with Crippen molar-refractivity contribution in [3.8, 4) is 5.75 Å². The Labute approximate surface area is 141 Å². The van der Waals surface area contributed by atoms with Gasteiger partial charge < -0.3 is 4.74 Å². The van der Waals surface area contributed by atoms with Gasteiger partial charge in [0.15, 0.2) is 10.9 Å². The lowest BCUT2D eigenvalue weighted by atomic mass is 10.2. The lowest BCUT2D eigenvalue weighted by molar-refractivity contribution is -0.385. The number of methoxy groups -OCH3 is 1. The Morgan fingerprint density at radius 3 is 2.88 bits per heavy atom. The first kappa shape index (κ1) is 17.3. The Morgan fingerprint density at radius 2 is 2.21 bits per heavy atom. The molecule has 0 unspecified atom stereocenters. The average molecular weight is 347 g/mol. The second-order valence-electron chi connectivity index (χ2n) is 4.30. The Balaban J connectivity index is 1.90. The van der Waals surface area contributed by atoms with Crippen LogP contribution in [0.2, 0.25) is 0 Å². The summed E-state index contributed by atoms with van der Waals surface area (Å²) in [7, 11) is 1.35. The molecule has 9 nitrogen and oxygen atoms in total. The zero-order valence-electron chi connectivity index (χ0n) is 12.6. The van der Waals surface area contributed by atoms with Gasteiger partial charge in [-0.25, -0.2) is 15.4 Å². The van der Waals surface area contributed by atoms with Crippen LogP contribution < -0.4 is 10.2 Å². The van der Waals surface area contributed by atoms with E-state index in [1.807, 2.05) is 0 Å². The van der Waals surface area contributed by atoms with Crippen LogP contribution in [-0.4, -0.2) is 39.9 Å². The summed E-state index contributed by atoms with van der Waals surface area (Å²) in [5.74, 6) is -0.0865. The Hall–Kier alpha value is -3.01. The minimum Gasteiger partial charge on any atom is -0.490 e. The monoisotopic (exact) mass is 347 g/mol. The van der Waals surface area contributed by atoms with Gasteiger partial charge in [-0.2, -0.15) is 5.10 Å². The maximum atomic E-state index is 11.7. The Morgan fingerprint density at radius 1 is 1.46 bits per heavy atom. The van der Waals surface area contributed by atoms with Gasteiger partial charge in [0.25, 0.3) is 5.91 Å². The molecule has 1 N–H and O–H groups in total. The molecule has 2 aromatic rings. The molecule has 0 fully saturated rings. The summed E-state index contributed by atoms with van der Waals surface area (Å²) in [5, 5.41) is 15.2. The van der Waals surface area contributed by atoms with E-state index < -0.39 is 4.92 Å². The molecule has 0 atom stereocenters. The number of carbonyl (C=O) groups excluding carboxylic acids is 1. The molecule has 0 aliphatic rings. The van der Waals surface area contributed by atoms with Crippen LogP contribution in [0.1, 0.15) is 5.56 Å². The number of hydrazone groups is 1. The number of hydrogen-bond acceptors (Lipinski definition) is 8. The summed E-state index contributed by atoms with van der Waals surface area (Å²) in [5.41, 5.74) is 2.62. The third kappa shape index (κ3) is 5.02. The molecular weight excluding hydrogens is 334 g/mol. The predicted molar refractivity (Wildman–Crippen MR) is 88.1 cm³/mol. The molecule has 0 spiro atoms. The first-order chi connectivity index (χ1) is 11.6. The normalized spacial score (nSPS) is 10.5. The number of thioether (sulfide) groups is 1. The van der Waals surface area contributed by atoms with E-state index >= 15 is 0 Å². The van der Waals surface area contributed by atoms with Crippen molar-refractivity contribution in [3.63, 3.8) is 0 Å². The molecular formula is C14H13N5O4S. The summed E-state index contributed by atoms with van der Waals surface area (Å²) >= 11 is 1.17. The zero-order valence-corrected chi connectivity index (χ0v) is 13.4. The van der Waals surface area contributed by atoms with Gasteiger partial charge in [0, 0.05) is 24.0 Å². The molecule has 0 bridgehead atoms. The SMILES string of the molecule is COc1ccc(/C=N\NC(=O)CSc2ncccn2)cc1[N+](=O)[O-]. The number of amides is 1. The summed E-state index contributed by atoms with van der Waals surface area (Å²) in [6.07, 6.45) is 4.48. The summed E-state index contributed by atoms with van der Waals surface area (Å²) in [4.78, 5) is 30.0. The van der Waals surface area contributed by atoms with Crippen molar-refractivity contribution < 1.29 is 14.5 Å². The van der Waals surface area contributed by atoms with Gasteiger partial charge in [0.05, 0.1) is 24.0 Å². The highest BCUT2D eigenvalue weighted by atomic mass is 32.2. The van der Waals surface area contributed by atoms with E-state index in [2.05, 4.69) is 20.5 Å². The third-order valence-corrected chi connectivity index (χ3v) is 3.55. The van der Waals surface area contributed by atoms with Gasteiger partial charge in [-0.3, -0.25) is 14.9 Å². The van der Waals surface area contributed by atoms with Crippen LogP contribution in [0.15, 0.2) is 46.9 Å². The van der Waals surface area contributed by atoms with Crippen molar-refractivity contribution in [3.05, 3.63) is 52.3 Å². The fraction of sp³-hybridized carbons (Fsp3) is 0.143. The predicted octanol–water partition coefficient (Wildman–Crippen LogP) is 1.64. The van der Waals surface area contributed by atoms with Gasteiger partial charge in [-0.05, 0) is 18.2 Å².